The number of aliphatic hydroxyl groups is 1. The van der Waals surface area contributed by atoms with Crippen molar-refractivity contribution in [2.24, 2.45) is 5.84 Å². The molecule has 6 heteroatoms. The Hall–Kier alpha value is -1.40. The third kappa shape index (κ3) is 3.02. The maximum absolute atomic E-state index is 10.3. The van der Waals surface area contributed by atoms with Crippen molar-refractivity contribution in [3.05, 3.63) is 11.4 Å². The molecule has 1 atom stereocenters. The number of hydrogen-bond donors (Lipinski definition) is 3. The number of anilines is 2. The van der Waals surface area contributed by atoms with E-state index >= 15 is 0 Å². The Morgan fingerprint density at radius 2 is 2.10 bits per heavy atom. The van der Waals surface area contributed by atoms with E-state index in [4.69, 9.17) is 5.84 Å². The predicted octanol–water partition coefficient (Wildman–Crippen LogP) is 1.55. The van der Waals surface area contributed by atoms with Gasteiger partial charge in [-0.15, -0.1) is 0 Å². The van der Waals surface area contributed by atoms with Gasteiger partial charge in [0.2, 0.25) is 0 Å². The lowest BCUT2D eigenvalue weighted by Gasteiger charge is -2.38. The van der Waals surface area contributed by atoms with Crippen molar-refractivity contribution in [3.63, 3.8) is 0 Å². The highest BCUT2D eigenvalue weighted by Crippen LogP contribution is 2.30. The Morgan fingerprint density at radius 3 is 2.65 bits per heavy atom. The molecule has 1 aromatic heterocycles. The summed E-state index contributed by atoms with van der Waals surface area (Å²) in [5.41, 5.74) is 2.91. The molecule has 1 aliphatic heterocycles. The largest absolute Gasteiger partial charge is 0.388 e. The van der Waals surface area contributed by atoms with Crippen molar-refractivity contribution in [1.29, 1.82) is 0 Å². The molecule has 1 unspecified atom stereocenters. The number of aromatic nitrogens is 2. The fraction of sp³-hybridized carbons (Fsp3) is 0.714. The van der Waals surface area contributed by atoms with Gasteiger partial charge in [-0.05, 0) is 26.7 Å². The Kier molecular flexibility index (Phi) is 4.15. The number of nitrogens with zero attached hydrogens (tertiary/aromatic N) is 3. The van der Waals surface area contributed by atoms with Gasteiger partial charge in [-0.2, -0.15) is 0 Å². The van der Waals surface area contributed by atoms with Crippen LogP contribution >= 0.6 is 0 Å². The topological polar surface area (TPSA) is 87.3 Å². The highest BCUT2D eigenvalue weighted by Gasteiger charge is 2.30. The smallest absolute Gasteiger partial charge is 0.148 e. The van der Waals surface area contributed by atoms with E-state index in [0.717, 1.165) is 36.6 Å². The summed E-state index contributed by atoms with van der Waals surface area (Å²) in [6.07, 6.45) is 1.78. The number of hydrogen-bond acceptors (Lipinski definition) is 6. The molecular formula is C14H25N5O. The van der Waals surface area contributed by atoms with Crippen LogP contribution in [0.25, 0.3) is 0 Å². The van der Waals surface area contributed by atoms with Crippen LogP contribution in [0, 0.1) is 6.92 Å². The van der Waals surface area contributed by atoms with Crippen molar-refractivity contribution in [2.45, 2.75) is 52.1 Å². The van der Waals surface area contributed by atoms with E-state index in [1.165, 1.54) is 0 Å². The molecule has 0 aliphatic carbocycles. The van der Waals surface area contributed by atoms with Gasteiger partial charge in [0.15, 0.2) is 0 Å². The Balaban J connectivity index is 2.41. The van der Waals surface area contributed by atoms with Crippen LogP contribution in [0.15, 0.2) is 0 Å². The number of nitrogens with two attached hydrogens (primary N) is 1. The molecular weight excluding hydrogens is 254 g/mol. The van der Waals surface area contributed by atoms with E-state index in [1.54, 1.807) is 0 Å². The summed E-state index contributed by atoms with van der Waals surface area (Å²) in [6.45, 7) is 9.43. The van der Waals surface area contributed by atoms with Crippen LogP contribution in [0.4, 0.5) is 11.6 Å². The summed E-state index contributed by atoms with van der Waals surface area (Å²) in [4.78, 5) is 11.3. The summed E-state index contributed by atoms with van der Waals surface area (Å²) >= 11 is 0. The summed E-state index contributed by atoms with van der Waals surface area (Å²) in [7, 11) is 0. The average Bonchev–Trinajstić information content (AvgIpc) is 2.37. The van der Waals surface area contributed by atoms with Crippen molar-refractivity contribution in [2.75, 3.05) is 23.4 Å². The summed E-state index contributed by atoms with van der Waals surface area (Å²) in [5, 5.41) is 10.3. The van der Waals surface area contributed by atoms with Gasteiger partial charge in [-0.1, -0.05) is 13.8 Å². The lowest BCUT2D eigenvalue weighted by atomic mass is 9.95. The molecule has 0 spiro atoms. The van der Waals surface area contributed by atoms with Crippen LogP contribution in [-0.4, -0.2) is 33.8 Å². The lowest BCUT2D eigenvalue weighted by Crippen LogP contribution is -2.46. The zero-order chi connectivity index (χ0) is 14.9. The molecule has 1 aromatic rings. The molecule has 0 saturated carbocycles. The van der Waals surface area contributed by atoms with Crippen LogP contribution in [0.5, 0.6) is 0 Å². The van der Waals surface area contributed by atoms with Crippen LogP contribution in [0.3, 0.4) is 0 Å². The van der Waals surface area contributed by atoms with Gasteiger partial charge in [-0.3, -0.25) is 0 Å². The summed E-state index contributed by atoms with van der Waals surface area (Å²) in [6, 6.07) is 0. The molecule has 0 aromatic carbocycles. The highest BCUT2D eigenvalue weighted by molar-refractivity contribution is 5.58. The number of β-amino-alcohol motifs (C(OH)–C–C–N with tert-alkyl or cyclic N) is 1. The van der Waals surface area contributed by atoms with E-state index in [2.05, 4.69) is 34.1 Å². The Morgan fingerprint density at radius 1 is 1.40 bits per heavy atom. The van der Waals surface area contributed by atoms with Gasteiger partial charge in [0, 0.05) is 24.6 Å². The molecule has 20 heavy (non-hydrogen) atoms. The van der Waals surface area contributed by atoms with Crippen LogP contribution in [0.1, 0.15) is 50.9 Å². The van der Waals surface area contributed by atoms with Gasteiger partial charge < -0.3 is 15.4 Å². The first kappa shape index (κ1) is 15.0. The van der Waals surface area contributed by atoms with Gasteiger partial charge in [0.25, 0.3) is 0 Å². The lowest BCUT2D eigenvalue weighted by molar-refractivity contribution is 0.0446. The van der Waals surface area contributed by atoms with Crippen molar-refractivity contribution < 1.29 is 5.11 Å². The van der Waals surface area contributed by atoms with E-state index in [-0.39, 0.29) is 5.92 Å². The number of piperidine rings is 1. The molecule has 0 amide bonds. The first-order valence-corrected chi connectivity index (χ1v) is 7.16. The first-order valence-electron chi connectivity index (χ1n) is 7.16. The molecule has 112 valence electrons. The maximum Gasteiger partial charge on any atom is 0.148 e. The average molecular weight is 279 g/mol. The summed E-state index contributed by atoms with van der Waals surface area (Å²) < 4.78 is 0. The maximum atomic E-state index is 10.3. The molecule has 6 nitrogen and oxygen atoms in total. The van der Waals surface area contributed by atoms with Gasteiger partial charge >= 0.3 is 0 Å². The molecule has 4 N–H and O–H groups in total. The second-order valence-corrected chi connectivity index (χ2v) is 6.20. The quantitative estimate of drug-likeness (QED) is 0.575. The third-order valence-electron chi connectivity index (χ3n) is 3.76. The first-order chi connectivity index (χ1) is 9.34. The van der Waals surface area contributed by atoms with E-state index in [1.807, 2.05) is 13.8 Å². The van der Waals surface area contributed by atoms with E-state index in [0.29, 0.717) is 12.4 Å². The second kappa shape index (κ2) is 5.54. The minimum Gasteiger partial charge on any atom is -0.388 e. The fourth-order valence-electron chi connectivity index (χ4n) is 2.63. The number of rotatable bonds is 3. The zero-order valence-electron chi connectivity index (χ0n) is 12.8. The van der Waals surface area contributed by atoms with Crippen LogP contribution in [-0.2, 0) is 0 Å². The van der Waals surface area contributed by atoms with Crippen molar-refractivity contribution in [1.82, 2.24) is 9.97 Å². The molecule has 1 fully saturated rings. The fourth-order valence-corrected chi connectivity index (χ4v) is 2.63. The molecule has 2 rings (SSSR count). The van der Waals surface area contributed by atoms with Crippen LogP contribution < -0.4 is 16.2 Å². The molecule has 1 aliphatic rings. The molecule has 0 radical (unpaired) electrons. The SMILES string of the molecule is Cc1c(NN)nc(C(C)C)nc1N1CCCC(C)(O)C1. The Bertz CT molecular complexity index is 487. The number of hydrazine groups is 1. The van der Waals surface area contributed by atoms with Gasteiger partial charge in [-0.25, -0.2) is 15.8 Å². The minimum atomic E-state index is -0.663. The standard InChI is InChI=1S/C14H25N5O/c1-9(2)11-16-12(18-15)10(3)13(17-11)19-7-5-6-14(4,20)8-19/h9,20H,5-8,15H2,1-4H3,(H,16,17,18). The minimum absolute atomic E-state index is 0.228. The van der Waals surface area contributed by atoms with Crippen molar-refractivity contribution >= 4 is 11.6 Å². The Labute approximate surface area is 120 Å². The molecule has 1 saturated heterocycles. The normalized spacial score (nSPS) is 23.2. The third-order valence-corrected chi connectivity index (χ3v) is 3.76. The predicted molar refractivity (Wildman–Crippen MR) is 80.7 cm³/mol. The zero-order valence-corrected chi connectivity index (χ0v) is 12.8. The number of nitrogen functional groups attached to an aromatic ring is 1. The van der Waals surface area contributed by atoms with Gasteiger partial charge in [0.05, 0.1) is 5.60 Å². The second-order valence-electron chi connectivity index (χ2n) is 6.20. The van der Waals surface area contributed by atoms with E-state index < -0.39 is 5.60 Å². The highest BCUT2D eigenvalue weighted by atomic mass is 16.3. The monoisotopic (exact) mass is 279 g/mol. The van der Waals surface area contributed by atoms with Crippen molar-refractivity contribution in [3.8, 4) is 0 Å². The molecule has 0 bridgehead atoms. The summed E-state index contributed by atoms with van der Waals surface area (Å²) in [5.74, 6) is 8.09. The number of nitrogens with one attached hydrogen (secondary N) is 1. The van der Waals surface area contributed by atoms with E-state index in [9.17, 15) is 5.11 Å². The van der Waals surface area contributed by atoms with Gasteiger partial charge in [0.1, 0.15) is 17.5 Å². The van der Waals surface area contributed by atoms with Crippen LogP contribution in [0.2, 0.25) is 0 Å². The molecule has 2 heterocycles.